The Kier molecular flexibility index (Phi) is 5.04. The molecule has 0 amide bonds. The lowest BCUT2D eigenvalue weighted by atomic mass is 10.0. The van der Waals surface area contributed by atoms with E-state index >= 15 is 0 Å². The average Bonchev–Trinajstić information content (AvgIpc) is 3.26. The Balaban J connectivity index is 1.62. The molecule has 156 valence electrons. The van der Waals surface area contributed by atoms with Gasteiger partial charge in [-0.15, -0.1) is 0 Å². The average molecular weight is 413 g/mol. The number of para-hydroxylation sites is 1. The second-order valence-corrected chi connectivity index (χ2v) is 7.44. The number of hydrogen-bond acceptors (Lipinski definition) is 6. The number of nitrogens with zero attached hydrogens (tertiary/aromatic N) is 2. The second-order valence-electron chi connectivity index (χ2n) is 7.44. The summed E-state index contributed by atoms with van der Waals surface area (Å²) < 4.78 is 16.9. The highest BCUT2D eigenvalue weighted by molar-refractivity contribution is 5.93. The SMILES string of the molecule is CCCOc1ccccc1-c1nc(Cc2ccc3c(c2)OCO3)c2c(N)cccc2n1. The zero-order chi connectivity index (χ0) is 21.2. The Bertz CT molecular complexity index is 1260. The molecule has 31 heavy (non-hydrogen) atoms. The molecule has 4 aromatic rings. The van der Waals surface area contributed by atoms with Gasteiger partial charge in [0.1, 0.15) is 5.75 Å². The Hall–Kier alpha value is -3.80. The molecule has 6 heteroatoms. The number of fused-ring (bicyclic) bond motifs is 2. The fraction of sp³-hybridized carbons (Fsp3) is 0.200. The van der Waals surface area contributed by atoms with E-state index in [9.17, 15) is 0 Å². The first kappa shape index (κ1) is 19.2. The Morgan fingerprint density at radius 2 is 1.84 bits per heavy atom. The number of ether oxygens (including phenoxy) is 3. The van der Waals surface area contributed by atoms with E-state index in [0.29, 0.717) is 24.5 Å². The van der Waals surface area contributed by atoms with Crippen molar-refractivity contribution in [3.05, 3.63) is 71.9 Å². The fourth-order valence-corrected chi connectivity index (χ4v) is 3.77. The van der Waals surface area contributed by atoms with Gasteiger partial charge in [0.15, 0.2) is 17.3 Å². The summed E-state index contributed by atoms with van der Waals surface area (Å²) in [5, 5.41) is 0.871. The van der Waals surface area contributed by atoms with Crippen molar-refractivity contribution in [2.75, 3.05) is 19.1 Å². The third-order valence-electron chi connectivity index (χ3n) is 5.23. The van der Waals surface area contributed by atoms with Crippen LogP contribution >= 0.6 is 0 Å². The molecule has 2 N–H and O–H groups in total. The van der Waals surface area contributed by atoms with E-state index in [0.717, 1.165) is 51.4 Å². The van der Waals surface area contributed by atoms with Gasteiger partial charge in [0.05, 0.1) is 23.4 Å². The van der Waals surface area contributed by atoms with Gasteiger partial charge < -0.3 is 19.9 Å². The highest BCUT2D eigenvalue weighted by Gasteiger charge is 2.17. The van der Waals surface area contributed by atoms with E-state index in [1.807, 2.05) is 60.7 Å². The van der Waals surface area contributed by atoms with Crippen LogP contribution in [0.4, 0.5) is 5.69 Å². The summed E-state index contributed by atoms with van der Waals surface area (Å²) in [7, 11) is 0. The summed E-state index contributed by atoms with van der Waals surface area (Å²) in [6.07, 6.45) is 1.52. The van der Waals surface area contributed by atoms with E-state index in [1.165, 1.54) is 0 Å². The molecule has 0 atom stereocenters. The molecule has 1 aromatic heterocycles. The van der Waals surface area contributed by atoms with Gasteiger partial charge in [-0.1, -0.05) is 31.2 Å². The van der Waals surface area contributed by atoms with Crippen molar-refractivity contribution < 1.29 is 14.2 Å². The zero-order valence-electron chi connectivity index (χ0n) is 17.3. The summed E-state index contributed by atoms with van der Waals surface area (Å²) in [6, 6.07) is 19.6. The Morgan fingerprint density at radius 1 is 0.968 bits per heavy atom. The molecule has 0 bridgehead atoms. The van der Waals surface area contributed by atoms with Crippen LogP contribution in [0.3, 0.4) is 0 Å². The van der Waals surface area contributed by atoms with Gasteiger partial charge in [-0.3, -0.25) is 0 Å². The first-order valence-corrected chi connectivity index (χ1v) is 10.4. The number of hydrogen-bond donors (Lipinski definition) is 1. The fourth-order valence-electron chi connectivity index (χ4n) is 3.77. The van der Waals surface area contributed by atoms with Crippen LogP contribution < -0.4 is 19.9 Å². The summed E-state index contributed by atoms with van der Waals surface area (Å²) in [5.74, 6) is 2.92. The van der Waals surface area contributed by atoms with Gasteiger partial charge in [0, 0.05) is 17.5 Å². The van der Waals surface area contributed by atoms with E-state index in [1.54, 1.807) is 0 Å². The van der Waals surface area contributed by atoms with Crippen LogP contribution in [0.5, 0.6) is 17.2 Å². The van der Waals surface area contributed by atoms with Gasteiger partial charge >= 0.3 is 0 Å². The van der Waals surface area contributed by atoms with E-state index in [2.05, 4.69) is 6.92 Å². The Labute approximate surface area is 180 Å². The van der Waals surface area contributed by atoms with Crippen molar-refractivity contribution >= 4 is 16.6 Å². The normalized spacial score (nSPS) is 12.3. The molecule has 0 aliphatic carbocycles. The van der Waals surface area contributed by atoms with Crippen LogP contribution in [0.1, 0.15) is 24.6 Å². The van der Waals surface area contributed by atoms with E-state index < -0.39 is 0 Å². The summed E-state index contributed by atoms with van der Waals surface area (Å²) in [6.45, 7) is 2.98. The van der Waals surface area contributed by atoms with Crippen molar-refractivity contribution in [1.29, 1.82) is 0 Å². The predicted molar refractivity (Wildman–Crippen MR) is 121 cm³/mol. The lowest BCUT2D eigenvalue weighted by molar-refractivity contribution is 0.174. The van der Waals surface area contributed by atoms with Crippen LogP contribution in [0, 0.1) is 0 Å². The molecular formula is C25H23N3O3. The van der Waals surface area contributed by atoms with Crippen molar-refractivity contribution in [3.8, 4) is 28.6 Å². The smallest absolute Gasteiger partial charge is 0.231 e. The maximum Gasteiger partial charge on any atom is 0.231 e. The summed E-state index contributed by atoms with van der Waals surface area (Å²) in [5.41, 5.74) is 10.6. The molecule has 2 heterocycles. The standard InChI is InChI=1S/C25H23N3O3/c1-2-12-29-21-9-4-3-6-17(21)25-27-19-8-5-7-18(26)24(19)20(28-25)13-16-10-11-22-23(14-16)31-15-30-22/h3-11,14H,2,12-13,15,26H2,1H3. The maximum absolute atomic E-state index is 6.34. The number of anilines is 1. The van der Waals surface area contributed by atoms with Crippen LogP contribution in [-0.2, 0) is 6.42 Å². The molecule has 0 radical (unpaired) electrons. The largest absolute Gasteiger partial charge is 0.493 e. The molecule has 1 aliphatic heterocycles. The second kappa shape index (κ2) is 8.14. The number of nitrogens with two attached hydrogens (primary N) is 1. The van der Waals surface area contributed by atoms with Crippen LogP contribution in [0.25, 0.3) is 22.3 Å². The minimum atomic E-state index is 0.251. The third-order valence-corrected chi connectivity index (χ3v) is 5.23. The minimum absolute atomic E-state index is 0.251. The first-order chi connectivity index (χ1) is 15.2. The van der Waals surface area contributed by atoms with Crippen molar-refractivity contribution in [1.82, 2.24) is 9.97 Å². The lowest BCUT2D eigenvalue weighted by Crippen LogP contribution is -2.03. The highest BCUT2D eigenvalue weighted by Crippen LogP contribution is 2.35. The topological polar surface area (TPSA) is 79.5 Å². The van der Waals surface area contributed by atoms with Crippen LogP contribution in [0.15, 0.2) is 60.7 Å². The molecule has 0 saturated heterocycles. The molecule has 5 rings (SSSR count). The quantitative estimate of drug-likeness (QED) is 0.449. The van der Waals surface area contributed by atoms with Crippen molar-refractivity contribution in [2.24, 2.45) is 0 Å². The lowest BCUT2D eigenvalue weighted by Gasteiger charge is -2.14. The minimum Gasteiger partial charge on any atom is -0.493 e. The van der Waals surface area contributed by atoms with Crippen molar-refractivity contribution in [2.45, 2.75) is 19.8 Å². The highest BCUT2D eigenvalue weighted by atomic mass is 16.7. The molecule has 1 aliphatic rings. The van der Waals surface area contributed by atoms with Gasteiger partial charge in [-0.2, -0.15) is 0 Å². The molecular weight excluding hydrogens is 390 g/mol. The van der Waals surface area contributed by atoms with Gasteiger partial charge in [0.2, 0.25) is 6.79 Å². The van der Waals surface area contributed by atoms with E-state index in [4.69, 9.17) is 29.9 Å². The summed E-state index contributed by atoms with van der Waals surface area (Å²) in [4.78, 5) is 9.77. The zero-order valence-corrected chi connectivity index (χ0v) is 17.3. The molecule has 6 nitrogen and oxygen atoms in total. The molecule has 0 spiro atoms. The maximum atomic E-state index is 6.34. The summed E-state index contributed by atoms with van der Waals surface area (Å²) >= 11 is 0. The molecule has 0 saturated carbocycles. The van der Waals surface area contributed by atoms with Gasteiger partial charge in [-0.25, -0.2) is 9.97 Å². The first-order valence-electron chi connectivity index (χ1n) is 10.4. The monoisotopic (exact) mass is 413 g/mol. The number of rotatable bonds is 6. The molecule has 0 unspecified atom stereocenters. The van der Waals surface area contributed by atoms with Crippen molar-refractivity contribution in [3.63, 3.8) is 0 Å². The van der Waals surface area contributed by atoms with Crippen LogP contribution in [0.2, 0.25) is 0 Å². The third kappa shape index (κ3) is 3.72. The Morgan fingerprint density at radius 3 is 2.74 bits per heavy atom. The molecule has 0 fully saturated rings. The predicted octanol–water partition coefficient (Wildman–Crippen LogP) is 4.99. The number of aromatic nitrogens is 2. The number of nitrogen functional groups attached to an aromatic ring is 1. The number of benzene rings is 3. The van der Waals surface area contributed by atoms with Gasteiger partial charge in [-0.05, 0) is 48.4 Å². The van der Waals surface area contributed by atoms with Gasteiger partial charge in [0.25, 0.3) is 0 Å². The van der Waals surface area contributed by atoms with E-state index in [-0.39, 0.29) is 6.79 Å². The van der Waals surface area contributed by atoms with Crippen LogP contribution in [-0.4, -0.2) is 23.4 Å². The molecule has 3 aromatic carbocycles.